The van der Waals surface area contributed by atoms with Crippen LogP contribution in [0.3, 0.4) is 0 Å². The highest BCUT2D eigenvalue weighted by Crippen LogP contribution is 2.45. The molecule has 4 heterocycles. The van der Waals surface area contributed by atoms with Crippen LogP contribution in [0.2, 0.25) is 5.02 Å². The number of carbonyl (C=O) groups is 2. The molecule has 8 rings (SSSR count). The van der Waals surface area contributed by atoms with Crippen molar-refractivity contribution in [2.45, 2.75) is 63.3 Å². The molecule has 2 N–H and O–H groups in total. The van der Waals surface area contributed by atoms with Crippen LogP contribution in [0.15, 0.2) is 47.1 Å². The van der Waals surface area contributed by atoms with Gasteiger partial charge in [-0.2, -0.15) is 0 Å². The van der Waals surface area contributed by atoms with Crippen LogP contribution in [0.4, 0.5) is 0 Å². The average molecular weight is 637 g/mol. The maximum Gasteiger partial charge on any atom is 0.372 e. The molecule has 0 bridgehead atoms. The van der Waals surface area contributed by atoms with Gasteiger partial charge in [0.05, 0.1) is 27.3 Å². The molecule has 0 atom stereocenters. The number of aromatic nitrogens is 5. The van der Waals surface area contributed by atoms with Crippen LogP contribution in [0, 0.1) is 6.92 Å². The molecule has 11 heteroatoms. The number of nitrogens with zero attached hydrogens (tertiary/aromatic N) is 5. The number of hydrogen-bond donors (Lipinski definition) is 2. The highest BCUT2D eigenvalue weighted by molar-refractivity contribution is 6.30. The van der Waals surface area contributed by atoms with E-state index in [1.165, 1.54) is 18.4 Å². The van der Waals surface area contributed by atoms with Crippen LogP contribution in [0.25, 0.3) is 44.4 Å². The van der Waals surface area contributed by atoms with Crippen LogP contribution in [-0.2, 0) is 19.6 Å². The molecule has 2 aliphatic rings. The summed E-state index contributed by atoms with van der Waals surface area (Å²) >= 11 is 6.12. The van der Waals surface area contributed by atoms with Crippen LogP contribution in [-0.4, -0.2) is 41.1 Å². The standard InChI is InChI=1S/C35H33ClN6O4/c1-18-23-14-24-26(15-27(23)46-30(18)33(44)45)42(3)34(39-24)35(11-6-12-35)40-32(43)20-9-10-22-25(13-20)41(2)29(28(22)19-7-4-5-8-19)31-37-16-21(36)17-38-31/h9-10,13-17,19H,4-8,11-12H2,1-3H3,(H,40,43)(H,44,45). The minimum atomic E-state index is -1.10. The zero-order valence-corrected chi connectivity index (χ0v) is 26.6. The van der Waals surface area contributed by atoms with E-state index in [-0.39, 0.29) is 11.7 Å². The Hall–Kier alpha value is -4.70. The van der Waals surface area contributed by atoms with Gasteiger partial charge in [0.1, 0.15) is 11.4 Å². The first-order chi connectivity index (χ1) is 22.1. The fraction of sp³-hybridized carbons (Fsp3) is 0.343. The van der Waals surface area contributed by atoms with Crippen molar-refractivity contribution in [1.82, 2.24) is 29.4 Å². The Balaban J connectivity index is 1.17. The molecule has 46 heavy (non-hydrogen) atoms. The summed E-state index contributed by atoms with van der Waals surface area (Å²) in [6, 6.07) is 9.67. The summed E-state index contributed by atoms with van der Waals surface area (Å²) in [5, 5.41) is 15.2. The summed E-state index contributed by atoms with van der Waals surface area (Å²) in [5.74, 6) is 0.503. The Morgan fingerprint density at radius 3 is 2.41 bits per heavy atom. The first-order valence-corrected chi connectivity index (χ1v) is 16.1. The van der Waals surface area contributed by atoms with Crippen LogP contribution in [0.5, 0.6) is 0 Å². The summed E-state index contributed by atoms with van der Waals surface area (Å²) in [7, 11) is 3.94. The summed E-state index contributed by atoms with van der Waals surface area (Å²) in [6.45, 7) is 1.74. The number of nitrogens with one attached hydrogen (secondary N) is 1. The number of carboxylic acid groups (broad SMARTS) is 1. The third-order valence-electron chi connectivity index (χ3n) is 10.2. The number of imidazole rings is 1. The minimum Gasteiger partial charge on any atom is -0.475 e. The number of amides is 1. The maximum absolute atomic E-state index is 14.0. The monoisotopic (exact) mass is 636 g/mol. The second-order valence-corrected chi connectivity index (χ2v) is 13.3. The fourth-order valence-corrected chi connectivity index (χ4v) is 7.80. The Kier molecular flexibility index (Phi) is 6.51. The summed E-state index contributed by atoms with van der Waals surface area (Å²) in [4.78, 5) is 39.7. The number of carbonyl (C=O) groups excluding carboxylic acids is 1. The molecule has 0 saturated heterocycles. The first-order valence-electron chi connectivity index (χ1n) is 15.7. The Labute approximate surface area is 269 Å². The van der Waals surface area contributed by atoms with Gasteiger partial charge in [0, 0.05) is 60.0 Å². The Morgan fingerprint density at radius 1 is 1.00 bits per heavy atom. The van der Waals surface area contributed by atoms with Crippen LogP contribution >= 0.6 is 11.6 Å². The van der Waals surface area contributed by atoms with E-state index in [2.05, 4.69) is 25.9 Å². The summed E-state index contributed by atoms with van der Waals surface area (Å²) in [5.41, 5.74) is 5.76. The molecule has 0 radical (unpaired) electrons. The zero-order chi connectivity index (χ0) is 31.9. The van der Waals surface area contributed by atoms with E-state index in [0.717, 1.165) is 70.9 Å². The number of halogens is 1. The van der Waals surface area contributed by atoms with Gasteiger partial charge in [-0.25, -0.2) is 19.7 Å². The highest BCUT2D eigenvalue weighted by atomic mass is 35.5. The number of hydrogen-bond acceptors (Lipinski definition) is 6. The van der Waals surface area contributed by atoms with Gasteiger partial charge in [0.2, 0.25) is 5.76 Å². The number of benzene rings is 2. The van der Waals surface area contributed by atoms with E-state index in [0.29, 0.717) is 33.5 Å². The Bertz CT molecular complexity index is 2220. The van der Waals surface area contributed by atoms with Gasteiger partial charge in [0.25, 0.3) is 5.91 Å². The smallest absolute Gasteiger partial charge is 0.372 e. The van der Waals surface area contributed by atoms with Gasteiger partial charge in [-0.05, 0) is 68.7 Å². The quantitative estimate of drug-likeness (QED) is 0.195. The van der Waals surface area contributed by atoms with Gasteiger partial charge >= 0.3 is 5.97 Å². The third-order valence-corrected chi connectivity index (χ3v) is 10.4. The molecular weight excluding hydrogens is 604 g/mol. The zero-order valence-electron chi connectivity index (χ0n) is 25.9. The van der Waals surface area contributed by atoms with Gasteiger partial charge in [-0.15, -0.1) is 0 Å². The third kappa shape index (κ3) is 4.26. The van der Waals surface area contributed by atoms with Crippen molar-refractivity contribution < 1.29 is 19.1 Å². The number of furan rings is 1. The molecule has 2 saturated carbocycles. The first kappa shape index (κ1) is 28.8. The molecule has 4 aromatic heterocycles. The van der Waals surface area contributed by atoms with E-state index in [1.54, 1.807) is 19.3 Å². The van der Waals surface area contributed by atoms with E-state index < -0.39 is 11.5 Å². The second-order valence-electron chi connectivity index (χ2n) is 12.8. The summed E-state index contributed by atoms with van der Waals surface area (Å²) in [6.07, 6.45) is 10.4. The Morgan fingerprint density at radius 2 is 1.74 bits per heavy atom. The molecule has 2 aliphatic carbocycles. The number of fused-ring (bicyclic) bond motifs is 3. The normalized spacial score (nSPS) is 16.4. The van der Waals surface area contributed by atoms with Crippen LogP contribution in [0.1, 0.15) is 88.7 Å². The lowest BCUT2D eigenvalue weighted by atomic mass is 9.75. The van der Waals surface area contributed by atoms with Crippen molar-refractivity contribution in [3.8, 4) is 11.5 Å². The number of rotatable bonds is 6. The van der Waals surface area contributed by atoms with Gasteiger partial charge < -0.3 is 24.0 Å². The molecule has 0 aliphatic heterocycles. The lowest BCUT2D eigenvalue weighted by molar-refractivity contribution is 0.0663. The van der Waals surface area contributed by atoms with E-state index in [9.17, 15) is 14.7 Å². The SMILES string of the molecule is Cc1c(C(=O)O)oc2cc3c(cc12)nc(C1(NC(=O)c2ccc4c(C5CCCC5)c(-c5ncc(Cl)cn5)n(C)c4c2)CCC1)n3C. The molecule has 234 valence electrons. The molecular formula is C35H33ClN6O4. The van der Waals surface area contributed by atoms with Crippen molar-refractivity contribution in [3.05, 3.63) is 76.0 Å². The lowest BCUT2D eigenvalue weighted by Gasteiger charge is -2.41. The lowest BCUT2D eigenvalue weighted by Crippen LogP contribution is -2.52. The highest BCUT2D eigenvalue weighted by Gasteiger charge is 2.44. The topological polar surface area (TPSA) is 128 Å². The van der Waals surface area contributed by atoms with E-state index >= 15 is 0 Å². The van der Waals surface area contributed by atoms with Crippen molar-refractivity contribution in [3.63, 3.8) is 0 Å². The number of carboxylic acids is 1. The van der Waals surface area contributed by atoms with Crippen molar-refractivity contribution >= 4 is 56.4 Å². The minimum absolute atomic E-state index is 0.0633. The number of aromatic carboxylic acids is 1. The van der Waals surface area contributed by atoms with Gasteiger partial charge in [0.15, 0.2) is 5.82 Å². The van der Waals surface area contributed by atoms with Gasteiger partial charge in [-0.1, -0.05) is 30.5 Å². The predicted octanol–water partition coefficient (Wildman–Crippen LogP) is 7.40. The van der Waals surface area contributed by atoms with Crippen molar-refractivity contribution in [2.24, 2.45) is 14.1 Å². The molecule has 0 unspecified atom stereocenters. The van der Waals surface area contributed by atoms with Gasteiger partial charge in [-0.3, -0.25) is 4.79 Å². The van der Waals surface area contributed by atoms with E-state index in [1.807, 2.05) is 42.9 Å². The molecule has 10 nitrogen and oxygen atoms in total. The maximum atomic E-state index is 14.0. The number of aryl methyl sites for hydroxylation is 3. The second kappa shape index (κ2) is 10.4. The molecule has 0 spiro atoms. The van der Waals surface area contributed by atoms with Crippen molar-refractivity contribution in [2.75, 3.05) is 0 Å². The average Bonchev–Trinajstić information content (AvgIpc) is 3.80. The fourth-order valence-electron chi connectivity index (χ4n) is 7.70. The molecule has 6 aromatic rings. The largest absolute Gasteiger partial charge is 0.475 e. The van der Waals surface area contributed by atoms with E-state index in [4.69, 9.17) is 21.0 Å². The predicted molar refractivity (Wildman–Crippen MR) is 175 cm³/mol. The molecule has 2 fully saturated rings. The van der Waals surface area contributed by atoms with Crippen molar-refractivity contribution in [1.29, 1.82) is 0 Å². The van der Waals surface area contributed by atoms with Crippen LogP contribution < -0.4 is 5.32 Å². The molecule has 1 amide bonds. The summed E-state index contributed by atoms with van der Waals surface area (Å²) < 4.78 is 9.77. The molecule has 2 aromatic carbocycles.